The molecule has 5 nitrogen and oxygen atoms in total. The number of benzene rings is 1. The highest BCUT2D eigenvalue weighted by molar-refractivity contribution is 5.76. The number of hydrogen-bond donors (Lipinski definition) is 2. The van der Waals surface area contributed by atoms with Crippen LogP contribution in [0.5, 0.6) is 5.88 Å². The first-order chi connectivity index (χ1) is 9.83. The Labute approximate surface area is 118 Å². The van der Waals surface area contributed by atoms with E-state index in [9.17, 15) is 0 Å². The maximum Gasteiger partial charge on any atom is 0.257 e. The highest BCUT2D eigenvalue weighted by Crippen LogP contribution is 2.21. The molecule has 2 aromatic rings. The topological polar surface area (TPSA) is 73.1 Å². The fourth-order valence-corrected chi connectivity index (χ4v) is 2.60. The maximum atomic E-state index is 5.89. The molecule has 0 radical (unpaired) electrons. The van der Waals surface area contributed by atoms with Crippen LogP contribution in [0.2, 0.25) is 0 Å². The number of para-hydroxylation sites is 2. The van der Waals surface area contributed by atoms with Crippen LogP contribution in [0.15, 0.2) is 24.3 Å². The van der Waals surface area contributed by atoms with Gasteiger partial charge in [0.25, 0.3) is 5.88 Å². The van der Waals surface area contributed by atoms with Gasteiger partial charge in [-0.3, -0.25) is 0 Å². The second kappa shape index (κ2) is 6.05. The largest absolute Gasteiger partial charge is 0.475 e. The smallest absolute Gasteiger partial charge is 0.257 e. The minimum absolute atomic E-state index is 0.366. The standard InChI is InChI=1S/C15H20N4O/c16-14-15(19-13-6-2-1-5-12(13)18-14)20-9-7-11-4-3-8-17-10-11/h1-2,5-6,11,17H,3-4,7-10H2,(H2,16,18)/t11-/m0/s1. The number of hydrogen-bond acceptors (Lipinski definition) is 5. The summed E-state index contributed by atoms with van der Waals surface area (Å²) in [5.74, 6) is 1.51. The molecule has 1 aliphatic rings. The van der Waals surface area contributed by atoms with Gasteiger partial charge < -0.3 is 15.8 Å². The van der Waals surface area contributed by atoms with Crippen molar-refractivity contribution in [2.45, 2.75) is 19.3 Å². The Hall–Kier alpha value is -1.88. The minimum atomic E-state index is 0.366. The highest BCUT2D eigenvalue weighted by atomic mass is 16.5. The predicted octanol–water partition coefficient (Wildman–Crippen LogP) is 1.98. The number of piperidine rings is 1. The van der Waals surface area contributed by atoms with E-state index >= 15 is 0 Å². The van der Waals surface area contributed by atoms with E-state index in [-0.39, 0.29) is 0 Å². The Balaban J connectivity index is 1.63. The van der Waals surface area contributed by atoms with Gasteiger partial charge in [0.15, 0.2) is 5.82 Å². The Bertz CT molecular complexity index is 581. The number of rotatable bonds is 4. The lowest BCUT2D eigenvalue weighted by Crippen LogP contribution is -2.30. The quantitative estimate of drug-likeness (QED) is 0.890. The molecule has 2 heterocycles. The van der Waals surface area contributed by atoms with Gasteiger partial charge in [-0.05, 0) is 50.4 Å². The second-order valence-corrected chi connectivity index (χ2v) is 5.25. The van der Waals surface area contributed by atoms with E-state index in [1.165, 1.54) is 12.8 Å². The molecule has 1 aromatic carbocycles. The average Bonchev–Trinajstić information content (AvgIpc) is 2.49. The predicted molar refractivity (Wildman–Crippen MR) is 79.7 cm³/mol. The monoisotopic (exact) mass is 272 g/mol. The second-order valence-electron chi connectivity index (χ2n) is 5.25. The molecule has 0 bridgehead atoms. The minimum Gasteiger partial charge on any atom is -0.475 e. The van der Waals surface area contributed by atoms with Gasteiger partial charge in [0, 0.05) is 0 Å². The summed E-state index contributed by atoms with van der Waals surface area (Å²) in [6.07, 6.45) is 3.55. The lowest BCUT2D eigenvalue weighted by atomic mass is 9.97. The summed E-state index contributed by atoms with van der Waals surface area (Å²) in [7, 11) is 0. The van der Waals surface area contributed by atoms with E-state index in [0.29, 0.717) is 24.2 Å². The zero-order valence-corrected chi connectivity index (χ0v) is 11.5. The fraction of sp³-hybridized carbons (Fsp3) is 0.467. The number of nitrogens with zero attached hydrogens (tertiary/aromatic N) is 2. The Morgan fingerprint density at radius 2 is 2.05 bits per heavy atom. The molecule has 20 heavy (non-hydrogen) atoms. The van der Waals surface area contributed by atoms with Crippen LogP contribution in [0.3, 0.4) is 0 Å². The van der Waals surface area contributed by atoms with Crippen molar-refractivity contribution < 1.29 is 4.74 Å². The number of aromatic nitrogens is 2. The van der Waals surface area contributed by atoms with Crippen molar-refractivity contribution in [1.29, 1.82) is 0 Å². The molecule has 0 aliphatic carbocycles. The summed E-state index contributed by atoms with van der Waals surface area (Å²) < 4.78 is 5.72. The van der Waals surface area contributed by atoms with Crippen molar-refractivity contribution in [1.82, 2.24) is 15.3 Å². The van der Waals surface area contributed by atoms with E-state index in [0.717, 1.165) is 30.5 Å². The van der Waals surface area contributed by atoms with Gasteiger partial charge in [0.05, 0.1) is 17.6 Å². The third kappa shape index (κ3) is 2.99. The molecule has 3 rings (SSSR count). The first-order valence-corrected chi connectivity index (χ1v) is 7.19. The fourth-order valence-electron chi connectivity index (χ4n) is 2.60. The molecule has 0 spiro atoms. The van der Waals surface area contributed by atoms with Crippen LogP contribution in [-0.2, 0) is 0 Å². The summed E-state index contributed by atoms with van der Waals surface area (Å²) in [6, 6.07) is 7.67. The van der Waals surface area contributed by atoms with E-state index in [1.54, 1.807) is 0 Å². The third-order valence-corrected chi connectivity index (χ3v) is 3.73. The van der Waals surface area contributed by atoms with E-state index < -0.39 is 0 Å². The molecule has 1 aliphatic heterocycles. The summed E-state index contributed by atoms with van der Waals surface area (Å²) in [6.45, 7) is 2.87. The summed E-state index contributed by atoms with van der Waals surface area (Å²) in [5.41, 5.74) is 7.51. The van der Waals surface area contributed by atoms with Crippen molar-refractivity contribution in [2.24, 2.45) is 5.92 Å². The van der Waals surface area contributed by atoms with Gasteiger partial charge >= 0.3 is 0 Å². The summed E-state index contributed by atoms with van der Waals surface area (Å²) in [5, 5.41) is 3.41. The summed E-state index contributed by atoms with van der Waals surface area (Å²) in [4.78, 5) is 8.75. The summed E-state index contributed by atoms with van der Waals surface area (Å²) >= 11 is 0. The van der Waals surface area contributed by atoms with Crippen LogP contribution in [0.1, 0.15) is 19.3 Å². The highest BCUT2D eigenvalue weighted by Gasteiger charge is 2.13. The van der Waals surface area contributed by atoms with Gasteiger partial charge in [0.1, 0.15) is 0 Å². The molecular weight excluding hydrogens is 252 g/mol. The van der Waals surface area contributed by atoms with Crippen molar-refractivity contribution in [3.05, 3.63) is 24.3 Å². The average molecular weight is 272 g/mol. The molecule has 1 saturated heterocycles. The maximum absolute atomic E-state index is 5.89. The normalized spacial score (nSPS) is 19.1. The Kier molecular flexibility index (Phi) is 3.97. The van der Waals surface area contributed by atoms with Gasteiger partial charge in [-0.15, -0.1) is 0 Å². The molecule has 1 atom stereocenters. The van der Waals surface area contributed by atoms with Gasteiger partial charge in [-0.2, -0.15) is 0 Å². The zero-order valence-electron chi connectivity index (χ0n) is 11.5. The first kappa shape index (κ1) is 13.1. The molecule has 0 saturated carbocycles. The van der Waals surface area contributed by atoms with Crippen molar-refractivity contribution in [3.63, 3.8) is 0 Å². The Morgan fingerprint density at radius 1 is 1.25 bits per heavy atom. The lowest BCUT2D eigenvalue weighted by Gasteiger charge is -2.22. The SMILES string of the molecule is Nc1nc2ccccc2nc1OCC[C@@H]1CCCNC1. The number of nitrogen functional groups attached to an aromatic ring is 1. The number of nitrogens with two attached hydrogens (primary N) is 1. The molecule has 0 unspecified atom stereocenters. The van der Waals surface area contributed by atoms with Gasteiger partial charge in [0.2, 0.25) is 0 Å². The van der Waals surface area contributed by atoms with Crippen LogP contribution in [0.4, 0.5) is 5.82 Å². The number of ether oxygens (including phenoxy) is 1. The molecule has 0 amide bonds. The molecule has 1 fully saturated rings. The number of anilines is 1. The van der Waals surface area contributed by atoms with Crippen LogP contribution in [-0.4, -0.2) is 29.7 Å². The zero-order chi connectivity index (χ0) is 13.8. The van der Waals surface area contributed by atoms with Crippen LogP contribution >= 0.6 is 0 Å². The van der Waals surface area contributed by atoms with Crippen molar-refractivity contribution in [3.8, 4) is 5.88 Å². The Morgan fingerprint density at radius 3 is 2.80 bits per heavy atom. The lowest BCUT2D eigenvalue weighted by molar-refractivity contribution is 0.248. The van der Waals surface area contributed by atoms with Crippen molar-refractivity contribution in [2.75, 3.05) is 25.4 Å². The first-order valence-electron chi connectivity index (χ1n) is 7.19. The van der Waals surface area contributed by atoms with Gasteiger partial charge in [-0.25, -0.2) is 9.97 Å². The molecule has 1 aromatic heterocycles. The number of nitrogens with one attached hydrogen (secondary N) is 1. The van der Waals surface area contributed by atoms with Crippen molar-refractivity contribution >= 4 is 16.9 Å². The third-order valence-electron chi connectivity index (χ3n) is 3.73. The molecule has 106 valence electrons. The van der Waals surface area contributed by atoms with E-state index in [2.05, 4.69) is 15.3 Å². The molecular formula is C15H20N4O. The molecule has 5 heteroatoms. The van der Waals surface area contributed by atoms with Gasteiger partial charge in [-0.1, -0.05) is 12.1 Å². The van der Waals surface area contributed by atoms with E-state index in [1.807, 2.05) is 24.3 Å². The van der Waals surface area contributed by atoms with Crippen LogP contribution in [0.25, 0.3) is 11.0 Å². The number of fused-ring (bicyclic) bond motifs is 1. The van der Waals surface area contributed by atoms with E-state index in [4.69, 9.17) is 10.5 Å². The van der Waals surface area contributed by atoms with Crippen LogP contribution < -0.4 is 15.8 Å². The van der Waals surface area contributed by atoms with Crippen LogP contribution in [0, 0.1) is 5.92 Å². The molecule has 3 N–H and O–H groups in total.